The van der Waals surface area contributed by atoms with Gasteiger partial charge in [-0.2, -0.15) is 0 Å². The summed E-state index contributed by atoms with van der Waals surface area (Å²) < 4.78 is 22.7. The molecule has 9 nitrogen and oxygen atoms in total. The first-order chi connectivity index (χ1) is 39.1. The maximum absolute atomic E-state index is 12.9. The van der Waals surface area contributed by atoms with Gasteiger partial charge in [-0.3, -0.25) is 9.59 Å². The molecule has 0 aromatic heterocycles. The van der Waals surface area contributed by atoms with Gasteiger partial charge in [0.2, 0.25) is 0 Å². The molecule has 0 aliphatic carbocycles. The summed E-state index contributed by atoms with van der Waals surface area (Å²) in [5.41, 5.74) is 0. The van der Waals surface area contributed by atoms with E-state index in [1.54, 1.807) is 0 Å². The summed E-state index contributed by atoms with van der Waals surface area (Å²) in [5.74, 6) is -2.32. The standard InChI is InChI=1S/C71H119NO8/c1-6-8-10-12-14-16-18-20-22-24-26-28-29-30-31-32-33-34-35-36-37-38-39-40-41-42-44-46-48-50-52-54-56-58-60-62-69(74)80-67(66-79-71(70(75)76)77-64-63-72(3,4)5)65-78-68(73)61-59-57-55-53-51-49-47-45-43-27-25-23-21-19-17-15-13-11-9-7-2/h8,10,14,16,20,22,26,28,30-31,33-34,36-37,39-40,42,44,48,50,67,71H,6-7,9,11-13,15,17-19,21,23-25,27,29,32,35,38,41,43,45-47,49,51-66H2,1-5H3/b10-8-,16-14-,22-20-,28-26-,31-30-,34-33-,37-36-,40-39-,44-42-,50-48-. The summed E-state index contributed by atoms with van der Waals surface area (Å²) in [6.45, 7) is 4.61. The largest absolute Gasteiger partial charge is 0.545 e. The Morgan fingerprint density at radius 2 is 0.713 bits per heavy atom. The average Bonchev–Trinajstić information content (AvgIpc) is 3.43. The number of ether oxygens (including phenoxy) is 4. The molecule has 0 aliphatic heterocycles. The van der Waals surface area contributed by atoms with E-state index in [4.69, 9.17) is 18.9 Å². The van der Waals surface area contributed by atoms with Crippen LogP contribution in [0.3, 0.4) is 0 Å². The van der Waals surface area contributed by atoms with Crippen LogP contribution in [0.5, 0.6) is 0 Å². The number of carboxylic acids is 1. The minimum atomic E-state index is -1.63. The second-order valence-corrected chi connectivity index (χ2v) is 22.3. The number of hydrogen-bond acceptors (Lipinski definition) is 8. The van der Waals surface area contributed by atoms with Crippen LogP contribution >= 0.6 is 0 Å². The maximum Gasteiger partial charge on any atom is 0.306 e. The highest BCUT2D eigenvalue weighted by Gasteiger charge is 2.22. The molecule has 0 saturated heterocycles. The van der Waals surface area contributed by atoms with Gasteiger partial charge in [-0.15, -0.1) is 0 Å². The zero-order chi connectivity index (χ0) is 58.3. The lowest BCUT2D eigenvalue weighted by molar-refractivity contribution is -0.870. The fraction of sp³-hybridized carbons (Fsp3) is 0.676. The van der Waals surface area contributed by atoms with Crippen molar-refractivity contribution < 1.29 is 42.9 Å². The topological polar surface area (TPSA) is 111 Å². The van der Waals surface area contributed by atoms with E-state index < -0.39 is 24.3 Å². The van der Waals surface area contributed by atoms with Crippen LogP contribution in [0.4, 0.5) is 0 Å². The van der Waals surface area contributed by atoms with Crippen molar-refractivity contribution in [3.63, 3.8) is 0 Å². The fourth-order valence-corrected chi connectivity index (χ4v) is 8.56. The van der Waals surface area contributed by atoms with Crippen LogP contribution < -0.4 is 5.11 Å². The van der Waals surface area contributed by atoms with Crippen molar-refractivity contribution >= 4 is 17.9 Å². The first kappa shape index (κ1) is 75.7. The quantitative estimate of drug-likeness (QED) is 0.0195. The number of nitrogens with zero attached hydrogens (tertiary/aromatic N) is 1. The number of likely N-dealkylation sites (N-methyl/N-ethyl adjacent to an activating group) is 1. The van der Waals surface area contributed by atoms with Gasteiger partial charge < -0.3 is 33.3 Å². The Morgan fingerprint density at radius 1 is 0.388 bits per heavy atom. The number of rotatable bonds is 58. The number of carbonyl (C=O) groups excluding carboxylic acids is 3. The third-order valence-corrected chi connectivity index (χ3v) is 13.5. The minimum Gasteiger partial charge on any atom is -0.545 e. The van der Waals surface area contributed by atoms with Crippen LogP contribution in [0.1, 0.15) is 251 Å². The van der Waals surface area contributed by atoms with Crippen LogP contribution in [0.25, 0.3) is 0 Å². The number of carboxylic acid groups (broad SMARTS) is 1. The Morgan fingerprint density at radius 3 is 1.06 bits per heavy atom. The van der Waals surface area contributed by atoms with Crippen molar-refractivity contribution in [3.8, 4) is 0 Å². The lowest BCUT2D eigenvalue weighted by Gasteiger charge is -2.26. The van der Waals surface area contributed by atoms with E-state index in [0.29, 0.717) is 17.4 Å². The van der Waals surface area contributed by atoms with E-state index >= 15 is 0 Å². The molecule has 0 radical (unpaired) electrons. The first-order valence-corrected chi connectivity index (χ1v) is 32.2. The molecule has 456 valence electrons. The molecule has 2 unspecified atom stereocenters. The smallest absolute Gasteiger partial charge is 0.306 e. The summed E-state index contributed by atoms with van der Waals surface area (Å²) in [7, 11) is 5.91. The third kappa shape index (κ3) is 61.3. The van der Waals surface area contributed by atoms with Gasteiger partial charge in [0, 0.05) is 12.8 Å². The summed E-state index contributed by atoms with van der Waals surface area (Å²) in [6, 6.07) is 0. The molecule has 0 spiro atoms. The molecular formula is C71H119NO8. The Labute approximate surface area is 491 Å². The van der Waals surface area contributed by atoms with Gasteiger partial charge in [0.15, 0.2) is 12.4 Å². The van der Waals surface area contributed by atoms with E-state index in [-0.39, 0.29) is 38.6 Å². The molecule has 2 atom stereocenters. The second-order valence-electron chi connectivity index (χ2n) is 22.3. The molecule has 9 heteroatoms. The molecule has 0 aromatic carbocycles. The predicted molar refractivity (Wildman–Crippen MR) is 338 cm³/mol. The van der Waals surface area contributed by atoms with E-state index in [1.807, 2.05) is 21.1 Å². The molecule has 0 fully saturated rings. The SMILES string of the molecule is CC/C=C\C/C=C\C/C=C\C/C=C\C/C=C\C/C=C\C/C=C\C/C=C\C/C=C\C/C=C\CCCCCCC(=O)OC(COC(=O)CCCCCCCCCCCCCCCCCCCCCC)COC(OCC[N+](C)(C)C)C(=O)[O-]. The van der Waals surface area contributed by atoms with Crippen molar-refractivity contribution in [2.24, 2.45) is 0 Å². The normalized spacial score (nSPS) is 13.6. The van der Waals surface area contributed by atoms with Gasteiger partial charge in [-0.25, -0.2) is 0 Å². The molecule has 0 rings (SSSR count). The van der Waals surface area contributed by atoms with Crippen LogP contribution in [0.15, 0.2) is 122 Å². The van der Waals surface area contributed by atoms with E-state index in [0.717, 1.165) is 109 Å². The summed E-state index contributed by atoms with van der Waals surface area (Å²) >= 11 is 0. The Bertz CT molecular complexity index is 1730. The predicted octanol–water partition coefficient (Wildman–Crippen LogP) is 18.3. The molecule has 80 heavy (non-hydrogen) atoms. The zero-order valence-corrected chi connectivity index (χ0v) is 51.9. The van der Waals surface area contributed by atoms with Gasteiger partial charge in [-0.05, 0) is 89.9 Å². The monoisotopic (exact) mass is 1110 g/mol. The van der Waals surface area contributed by atoms with Crippen molar-refractivity contribution in [1.29, 1.82) is 0 Å². The van der Waals surface area contributed by atoms with Gasteiger partial charge in [-0.1, -0.05) is 270 Å². The van der Waals surface area contributed by atoms with Crippen LogP contribution in [-0.2, 0) is 33.3 Å². The molecule has 0 N–H and O–H groups in total. The van der Waals surface area contributed by atoms with E-state index in [9.17, 15) is 19.5 Å². The number of unbranched alkanes of at least 4 members (excludes halogenated alkanes) is 23. The number of quaternary nitrogens is 1. The zero-order valence-electron chi connectivity index (χ0n) is 51.9. The Kier molecular flexibility index (Phi) is 57.5. The lowest BCUT2D eigenvalue weighted by Crippen LogP contribution is -2.44. The number of esters is 2. The second kappa shape index (κ2) is 60.8. The van der Waals surface area contributed by atoms with Crippen LogP contribution in [0, 0.1) is 0 Å². The fourth-order valence-electron chi connectivity index (χ4n) is 8.56. The molecule has 0 heterocycles. The summed E-state index contributed by atoms with van der Waals surface area (Å²) in [4.78, 5) is 37.4. The third-order valence-electron chi connectivity index (χ3n) is 13.5. The van der Waals surface area contributed by atoms with Crippen molar-refractivity contribution in [2.45, 2.75) is 264 Å². The highest BCUT2D eigenvalue weighted by molar-refractivity contribution is 5.70. The number of aliphatic carboxylic acids is 1. The number of allylic oxidation sites excluding steroid dienone is 20. The molecule has 0 bridgehead atoms. The molecule has 0 saturated carbocycles. The number of hydrogen-bond donors (Lipinski definition) is 0. The Balaban J connectivity index is 4.27. The lowest BCUT2D eigenvalue weighted by atomic mass is 10.0. The van der Waals surface area contributed by atoms with Crippen molar-refractivity contribution in [1.82, 2.24) is 0 Å². The van der Waals surface area contributed by atoms with Gasteiger partial charge in [0.25, 0.3) is 0 Å². The summed E-state index contributed by atoms with van der Waals surface area (Å²) in [6.07, 6.45) is 82.6. The van der Waals surface area contributed by atoms with Crippen LogP contribution in [0.2, 0.25) is 0 Å². The van der Waals surface area contributed by atoms with Gasteiger partial charge in [0.05, 0.1) is 40.3 Å². The molecule has 0 amide bonds. The van der Waals surface area contributed by atoms with Crippen molar-refractivity contribution in [2.75, 3.05) is 47.5 Å². The molecule has 0 aromatic rings. The highest BCUT2D eigenvalue weighted by Crippen LogP contribution is 2.16. The maximum atomic E-state index is 12.9. The summed E-state index contributed by atoms with van der Waals surface area (Å²) in [5, 5.41) is 11.8. The first-order valence-electron chi connectivity index (χ1n) is 32.2. The number of carbonyl (C=O) groups is 3. The minimum absolute atomic E-state index is 0.137. The average molecular weight is 1110 g/mol. The van der Waals surface area contributed by atoms with Crippen molar-refractivity contribution in [3.05, 3.63) is 122 Å². The van der Waals surface area contributed by atoms with Crippen LogP contribution in [-0.4, -0.2) is 82.3 Å². The van der Waals surface area contributed by atoms with Gasteiger partial charge >= 0.3 is 11.9 Å². The van der Waals surface area contributed by atoms with Gasteiger partial charge in [0.1, 0.15) is 13.2 Å². The molecule has 0 aliphatic rings. The van der Waals surface area contributed by atoms with E-state index in [2.05, 4.69) is 135 Å². The molecular weight excluding hydrogens is 995 g/mol. The highest BCUT2D eigenvalue weighted by atomic mass is 16.7. The van der Waals surface area contributed by atoms with E-state index in [1.165, 1.54) is 109 Å². The Hall–Kier alpha value is -4.31.